The van der Waals surface area contributed by atoms with Crippen molar-refractivity contribution in [1.29, 1.82) is 0 Å². The molecule has 5 aromatic rings. The minimum Gasteiger partial charge on any atom is -0.392 e. The lowest BCUT2D eigenvalue weighted by atomic mass is 10.1. The van der Waals surface area contributed by atoms with E-state index in [1.165, 1.54) is 10.8 Å². The van der Waals surface area contributed by atoms with Crippen LogP contribution in [0, 0.1) is 0 Å². The van der Waals surface area contributed by atoms with Crippen LogP contribution in [-0.2, 0) is 11.4 Å². The third-order valence-electron chi connectivity index (χ3n) is 6.15. The maximum atomic E-state index is 10.8. The summed E-state index contributed by atoms with van der Waals surface area (Å²) in [6, 6.07) is 33.0. The summed E-state index contributed by atoms with van der Waals surface area (Å²) in [6.07, 6.45) is -0.689. The van der Waals surface area contributed by atoms with Gasteiger partial charge in [-0.05, 0) is 23.3 Å². The van der Waals surface area contributed by atoms with Gasteiger partial charge >= 0.3 is 0 Å². The van der Waals surface area contributed by atoms with Gasteiger partial charge in [0, 0.05) is 32.9 Å². The zero-order chi connectivity index (χ0) is 21.5. The molecule has 0 fully saturated rings. The van der Waals surface area contributed by atoms with E-state index in [-0.39, 0.29) is 6.61 Å². The molecule has 1 atom stereocenters. The van der Waals surface area contributed by atoms with Crippen molar-refractivity contribution in [2.45, 2.75) is 12.6 Å². The van der Waals surface area contributed by atoms with Crippen LogP contribution in [0.15, 0.2) is 102 Å². The number of nitrogens with zero attached hydrogens (tertiary/aromatic N) is 2. The molecule has 32 heavy (non-hydrogen) atoms. The fourth-order valence-corrected chi connectivity index (χ4v) is 4.74. The van der Waals surface area contributed by atoms with E-state index in [0.717, 1.165) is 39.0 Å². The fraction of sp³-hybridized carbons (Fsp3) is 0.107. The average Bonchev–Trinajstić information content (AvgIpc) is 3.33. The monoisotopic (exact) mass is 418 g/mol. The standard InChI is InChI=1S/C28H22N2O2/c31-19(17-30-26-15-7-5-11-22(26)23-12-6-8-16-27(23)30)18-32-29-28-24-13-3-1-9-20(24)21-10-2-4-14-25(21)28/h1-16,19,31H,17-18H2/t19-/m1/s1. The van der Waals surface area contributed by atoms with Crippen molar-refractivity contribution < 1.29 is 9.94 Å². The molecular weight excluding hydrogens is 396 g/mol. The maximum absolute atomic E-state index is 10.8. The van der Waals surface area contributed by atoms with Crippen molar-refractivity contribution in [2.24, 2.45) is 5.16 Å². The Bertz CT molecular complexity index is 1380. The zero-order valence-corrected chi connectivity index (χ0v) is 17.5. The van der Waals surface area contributed by atoms with Crippen molar-refractivity contribution in [1.82, 2.24) is 4.57 Å². The molecule has 4 nitrogen and oxygen atoms in total. The van der Waals surface area contributed by atoms with Crippen molar-refractivity contribution >= 4 is 27.5 Å². The van der Waals surface area contributed by atoms with E-state index in [2.05, 4.69) is 58.3 Å². The summed E-state index contributed by atoms with van der Waals surface area (Å²) in [5.74, 6) is 0. The molecular formula is C28H22N2O2. The van der Waals surface area contributed by atoms with E-state index in [0.29, 0.717) is 6.54 Å². The molecule has 6 rings (SSSR count). The number of hydrogen-bond acceptors (Lipinski definition) is 3. The maximum Gasteiger partial charge on any atom is 0.144 e. The number of hydrogen-bond donors (Lipinski definition) is 1. The van der Waals surface area contributed by atoms with E-state index in [9.17, 15) is 5.11 Å². The molecule has 1 N–H and O–H groups in total. The second-order valence-electron chi connectivity index (χ2n) is 8.13. The molecule has 4 heteroatoms. The first-order chi connectivity index (χ1) is 15.8. The summed E-state index contributed by atoms with van der Waals surface area (Å²) >= 11 is 0. The average molecular weight is 418 g/mol. The van der Waals surface area contributed by atoms with E-state index >= 15 is 0 Å². The molecule has 156 valence electrons. The Balaban J connectivity index is 1.26. The first-order valence-corrected chi connectivity index (χ1v) is 10.8. The molecule has 1 aromatic heterocycles. The number of fused-ring (bicyclic) bond motifs is 6. The zero-order valence-electron chi connectivity index (χ0n) is 17.5. The molecule has 0 bridgehead atoms. The molecule has 0 saturated heterocycles. The summed E-state index contributed by atoms with van der Waals surface area (Å²) in [4.78, 5) is 5.69. The topological polar surface area (TPSA) is 46.8 Å². The Morgan fingerprint density at radius 3 is 1.69 bits per heavy atom. The smallest absolute Gasteiger partial charge is 0.144 e. The van der Waals surface area contributed by atoms with Gasteiger partial charge < -0.3 is 14.5 Å². The van der Waals surface area contributed by atoms with Gasteiger partial charge in [0.2, 0.25) is 0 Å². The van der Waals surface area contributed by atoms with Crippen LogP contribution in [0.4, 0.5) is 0 Å². The minimum absolute atomic E-state index is 0.120. The highest BCUT2D eigenvalue weighted by Crippen LogP contribution is 2.36. The highest BCUT2D eigenvalue weighted by Gasteiger charge is 2.24. The number of aliphatic hydroxyl groups is 1. The van der Waals surface area contributed by atoms with Gasteiger partial charge in [-0.25, -0.2) is 0 Å². The Morgan fingerprint density at radius 2 is 1.12 bits per heavy atom. The highest BCUT2D eigenvalue weighted by molar-refractivity contribution is 6.24. The second-order valence-corrected chi connectivity index (χ2v) is 8.13. The van der Waals surface area contributed by atoms with Gasteiger partial charge in [-0.3, -0.25) is 0 Å². The van der Waals surface area contributed by atoms with Gasteiger partial charge in [0.1, 0.15) is 18.4 Å². The number of benzene rings is 4. The number of aromatic nitrogens is 1. The summed E-state index contributed by atoms with van der Waals surface area (Å²) in [7, 11) is 0. The van der Waals surface area contributed by atoms with Crippen molar-refractivity contribution in [3.63, 3.8) is 0 Å². The Labute approximate surface area is 186 Å². The molecule has 0 amide bonds. The van der Waals surface area contributed by atoms with Gasteiger partial charge in [0.05, 0.1) is 6.54 Å². The van der Waals surface area contributed by atoms with Crippen LogP contribution in [-0.4, -0.2) is 28.1 Å². The van der Waals surface area contributed by atoms with Crippen LogP contribution >= 0.6 is 0 Å². The number of oxime groups is 1. The fourth-order valence-electron chi connectivity index (χ4n) is 4.74. The molecule has 1 aliphatic carbocycles. The molecule has 1 heterocycles. The van der Waals surface area contributed by atoms with Crippen LogP contribution in [0.1, 0.15) is 11.1 Å². The molecule has 0 unspecified atom stereocenters. The molecule has 0 spiro atoms. The third-order valence-corrected chi connectivity index (χ3v) is 6.15. The van der Waals surface area contributed by atoms with E-state index in [4.69, 9.17) is 4.84 Å². The van der Waals surface area contributed by atoms with Crippen LogP contribution in [0.25, 0.3) is 32.9 Å². The minimum atomic E-state index is -0.689. The van der Waals surface area contributed by atoms with Crippen LogP contribution in [0.3, 0.4) is 0 Å². The van der Waals surface area contributed by atoms with E-state index in [1.54, 1.807) is 0 Å². The molecule has 0 saturated carbocycles. The molecule has 1 aliphatic rings. The van der Waals surface area contributed by atoms with Gasteiger partial charge in [-0.15, -0.1) is 0 Å². The largest absolute Gasteiger partial charge is 0.392 e. The quantitative estimate of drug-likeness (QED) is 0.370. The Kier molecular flexibility index (Phi) is 4.51. The lowest BCUT2D eigenvalue weighted by molar-refractivity contribution is 0.0324. The first-order valence-electron chi connectivity index (χ1n) is 10.8. The van der Waals surface area contributed by atoms with Crippen molar-refractivity contribution in [3.05, 3.63) is 108 Å². The SMILES string of the molecule is O[C@@H](CON=C1c2ccccc2-c2ccccc21)Cn1c2ccccc2c2ccccc21. The van der Waals surface area contributed by atoms with E-state index < -0.39 is 6.10 Å². The van der Waals surface area contributed by atoms with Crippen LogP contribution in [0.2, 0.25) is 0 Å². The van der Waals surface area contributed by atoms with Crippen molar-refractivity contribution in [3.8, 4) is 11.1 Å². The predicted octanol–water partition coefficient (Wildman–Crippen LogP) is 5.61. The normalized spacial score (nSPS) is 13.2. The number of rotatable bonds is 5. The van der Waals surface area contributed by atoms with Gasteiger partial charge in [-0.1, -0.05) is 90.1 Å². The van der Waals surface area contributed by atoms with Gasteiger partial charge in [-0.2, -0.15) is 0 Å². The van der Waals surface area contributed by atoms with Crippen molar-refractivity contribution in [2.75, 3.05) is 6.61 Å². The lowest BCUT2D eigenvalue weighted by Crippen LogP contribution is -2.21. The predicted molar refractivity (Wildman–Crippen MR) is 129 cm³/mol. The highest BCUT2D eigenvalue weighted by atomic mass is 16.6. The van der Waals surface area contributed by atoms with Gasteiger partial charge in [0.25, 0.3) is 0 Å². The van der Waals surface area contributed by atoms with E-state index in [1.807, 2.05) is 48.5 Å². The number of para-hydroxylation sites is 2. The van der Waals surface area contributed by atoms with Crippen LogP contribution < -0.4 is 0 Å². The summed E-state index contributed by atoms with van der Waals surface area (Å²) in [5.41, 5.74) is 7.49. The number of aliphatic hydroxyl groups excluding tert-OH is 1. The van der Waals surface area contributed by atoms with Gasteiger partial charge in [0.15, 0.2) is 0 Å². The third kappa shape index (κ3) is 3.00. The summed E-state index contributed by atoms with van der Waals surface area (Å²) in [6.45, 7) is 0.556. The summed E-state index contributed by atoms with van der Waals surface area (Å²) in [5, 5.41) is 17.6. The Morgan fingerprint density at radius 1 is 0.656 bits per heavy atom. The Hall–Kier alpha value is -3.89. The molecule has 0 aliphatic heterocycles. The molecule has 4 aromatic carbocycles. The first kappa shape index (κ1) is 18.8. The summed E-state index contributed by atoms with van der Waals surface area (Å²) < 4.78 is 2.16. The second kappa shape index (κ2) is 7.66. The molecule has 0 radical (unpaired) electrons. The van der Waals surface area contributed by atoms with Crippen LogP contribution in [0.5, 0.6) is 0 Å². The lowest BCUT2D eigenvalue weighted by Gasteiger charge is -2.13.